The molecule has 1 aromatic heterocycles. The van der Waals surface area contributed by atoms with Gasteiger partial charge < -0.3 is 15.8 Å². The molecule has 0 spiro atoms. The molecule has 1 atom stereocenters. The second-order valence-electron chi connectivity index (χ2n) is 3.13. The quantitative estimate of drug-likeness (QED) is 0.766. The number of ether oxygens (including phenoxy) is 1. The van der Waals surface area contributed by atoms with Gasteiger partial charge in [-0.25, -0.2) is 9.97 Å². The van der Waals surface area contributed by atoms with Gasteiger partial charge in [0.2, 0.25) is 0 Å². The van der Waals surface area contributed by atoms with E-state index in [1.165, 1.54) is 6.33 Å². The Kier molecular flexibility index (Phi) is 2.69. The molecule has 0 aliphatic carbocycles. The van der Waals surface area contributed by atoms with Crippen molar-refractivity contribution in [3.05, 3.63) is 11.3 Å². The fraction of sp³-hybridized carbons (Fsp3) is 0.500. The Morgan fingerprint density at radius 3 is 3.14 bits per heavy atom. The molecule has 3 N–H and O–H groups in total. The van der Waals surface area contributed by atoms with Crippen molar-refractivity contribution in [2.24, 2.45) is 0 Å². The van der Waals surface area contributed by atoms with Crippen molar-refractivity contribution in [3.63, 3.8) is 0 Å². The van der Waals surface area contributed by atoms with Gasteiger partial charge in [0, 0.05) is 6.61 Å². The van der Waals surface area contributed by atoms with Crippen LogP contribution in [0.15, 0.2) is 6.33 Å². The normalized spacial score (nSPS) is 21.1. The van der Waals surface area contributed by atoms with Crippen molar-refractivity contribution in [3.8, 4) is 0 Å². The SMILES string of the molecule is Nc1ncnc(NC2CCOC2)c1Cl. The number of hydrogen-bond acceptors (Lipinski definition) is 5. The maximum Gasteiger partial charge on any atom is 0.150 e. The van der Waals surface area contributed by atoms with Crippen molar-refractivity contribution in [2.75, 3.05) is 24.3 Å². The summed E-state index contributed by atoms with van der Waals surface area (Å²) in [7, 11) is 0. The molecule has 1 aliphatic heterocycles. The number of nitrogens with one attached hydrogen (secondary N) is 1. The number of nitrogen functional groups attached to an aromatic ring is 1. The van der Waals surface area contributed by atoms with Crippen LogP contribution in [0, 0.1) is 0 Å². The molecule has 5 nitrogen and oxygen atoms in total. The first-order valence-electron chi connectivity index (χ1n) is 4.37. The topological polar surface area (TPSA) is 73.1 Å². The molecule has 76 valence electrons. The molecule has 0 amide bonds. The third-order valence-corrected chi connectivity index (χ3v) is 2.46. The summed E-state index contributed by atoms with van der Waals surface area (Å²) in [5, 5.41) is 3.54. The molecule has 0 radical (unpaired) electrons. The Labute approximate surface area is 86.6 Å². The lowest BCUT2D eigenvalue weighted by atomic mass is 10.2. The van der Waals surface area contributed by atoms with Gasteiger partial charge in [-0.1, -0.05) is 11.6 Å². The van der Waals surface area contributed by atoms with E-state index in [0.29, 0.717) is 23.3 Å². The Hall–Kier alpha value is -1.07. The average Bonchev–Trinajstić information content (AvgIpc) is 2.66. The monoisotopic (exact) mass is 214 g/mol. The number of hydrogen-bond donors (Lipinski definition) is 2. The molecule has 1 unspecified atom stereocenters. The smallest absolute Gasteiger partial charge is 0.150 e. The van der Waals surface area contributed by atoms with Gasteiger partial charge in [0.05, 0.1) is 12.6 Å². The zero-order valence-electron chi connectivity index (χ0n) is 7.53. The van der Waals surface area contributed by atoms with Crippen LogP contribution in [0.1, 0.15) is 6.42 Å². The second-order valence-corrected chi connectivity index (χ2v) is 3.50. The van der Waals surface area contributed by atoms with E-state index < -0.39 is 0 Å². The van der Waals surface area contributed by atoms with Gasteiger partial charge in [0.1, 0.15) is 17.2 Å². The van der Waals surface area contributed by atoms with Crippen molar-refractivity contribution < 1.29 is 4.74 Å². The van der Waals surface area contributed by atoms with Crippen LogP contribution < -0.4 is 11.1 Å². The van der Waals surface area contributed by atoms with Crippen molar-refractivity contribution in [1.29, 1.82) is 0 Å². The lowest BCUT2D eigenvalue weighted by molar-refractivity contribution is 0.195. The van der Waals surface area contributed by atoms with Crippen LogP contribution in [0.5, 0.6) is 0 Å². The number of nitrogens with zero attached hydrogens (tertiary/aromatic N) is 2. The molecule has 1 fully saturated rings. The molecule has 0 aromatic carbocycles. The van der Waals surface area contributed by atoms with Crippen LogP contribution in [0.2, 0.25) is 5.02 Å². The lowest BCUT2D eigenvalue weighted by Crippen LogP contribution is -2.20. The summed E-state index contributed by atoms with van der Waals surface area (Å²) in [6.45, 7) is 1.45. The highest BCUT2D eigenvalue weighted by Crippen LogP contribution is 2.24. The van der Waals surface area contributed by atoms with Gasteiger partial charge >= 0.3 is 0 Å². The zero-order chi connectivity index (χ0) is 9.97. The Balaban J connectivity index is 2.11. The standard InChI is InChI=1S/C8H11ClN4O/c9-6-7(10)11-4-12-8(6)13-5-1-2-14-3-5/h4-5H,1-3H2,(H3,10,11,12,13). The highest BCUT2D eigenvalue weighted by atomic mass is 35.5. The van der Waals surface area contributed by atoms with Crippen LogP contribution in [0.4, 0.5) is 11.6 Å². The van der Waals surface area contributed by atoms with Gasteiger partial charge in [-0.2, -0.15) is 0 Å². The van der Waals surface area contributed by atoms with Gasteiger partial charge in [0.25, 0.3) is 0 Å². The van der Waals surface area contributed by atoms with Crippen LogP contribution in [0.25, 0.3) is 0 Å². The van der Waals surface area contributed by atoms with Gasteiger partial charge in [0.15, 0.2) is 5.82 Å². The molecule has 1 saturated heterocycles. The van der Waals surface area contributed by atoms with E-state index >= 15 is 0 Å². The Bertz CT molecular complexity index is 327. The number of nitrogens with two attached hydrogens (primary N) is 1. The fourth-order valence-electron chi connectivity index (χ4n) is 1.33. The first kappa shape index (κ1) is 9.48. The van der Waals surface area contributed by atoms with E-state index in [1.807, 2.05) is 0 Å². The summed E-state index contributed by atoms with van der Waals surface area (Å²) in [5.74, 6) is 0.873. The fourth-order valence-corrected chi connectivity index (χ4v) is 1.48. The molecule has 14 heavy (non-hydrogen) atoms. The molecule has 2 rings (SSSR count). The van der Waals surface area contributed by atoms with Crippen LogP contribution in [-0.2, 0) is 4.74 Å². The summed E-state index contributed by atoms with van der Waals surface area (Å²) < 4.78 is 5.22. The minimum atomic E-state index is 0.266. The molecule has 6 heteroatoms. The van der Waals surface area contributed by atoms with E-state index in [1.54, 1.807) is 0 Å². The number of halogens is 1. The first-order valence-corrected chi connectivity index (χ1v) is 4.75. The summed E-state index contributed by atoms with van der Waals surface area (Å²) in [5.41, 5.74) is 5.54. The minimum Gasteiger partial charge on any atom is -0.382 e. The minimum absolute atomic E-state index is 0.266. The molecule has 2 heterocycles. The zero-order valence-corrected chi connectivity index (χ0v) is 8.29. The molecular formula is C8H11ClN4O. The first-order chi connectivity index (χ1) is 6.77. The van der Waals surface area contributed by atoms with E-state index in [0.717, 1.165) is 13.0 Å². The highest BCUT2D eigenvalue weighted by molar-refractivity contribution is 6.35. The van der Waals surface area contributed by atoms with E-state index in [2.05, 4.69) is 15.3 Å². The summed E-state index contributed by atoms with van der Waals surface area (Å²) in [6.07, 6.45) is 2.35. The summed E-state index contributed by atoms with van der Waals surface area (Å²) in [6, 6.07) is 0.266. The van der Waals surface area contributed by atoms with E-state index in [4.69, 9.17) is 22.1 Å². The predicted octanol–water partition coefficient (Wildman–Crippen LogP) is 0.913. The van der Waals surface area contributed by atoms with Crippen LogP contribution >= 0.6 is 11.6 Å². The summed E-state index contributed by atoms with van der Waals surface area (Å²) in [4.78, 5) is 7.79. The number of aromatic nitrogens is 2. The van der Waals surface area contributed by atoms with Crippen molar-refractivity contribution in [1.82, 2.24) is 9.97 Å². The predicted molar refractivity (Wildman–Crippen MR) is 54.3 cm³/mol. The lowest BCUT2D eigenvalue weighted by Gasteiger charge is -2.12. The Morgan fingerprint density at radius 2 is 2.43 bits per heavy atom. The molecule has 0 bridgehead atoms. The maximum atomic E-state index is 5.92. The van der Waals surface area contributed by atoms with E-state index in [-0.39, 0.29) is 6.04 Å². The highest BCUT2D eigenvalue weighted by Gasteiger charge is 2.17. The third-order valence-electron chi connectivity index (χ3n) is 2.09. The van der Waals surface area contributed by atoms with Crippen molar-refractivity contribution >= 4 is 23.2 Å². The summed E-state index contributed by atoms with van der Waals surface area (Å²) >= 11 is 5.92. The van der Waals surface area contributed by atoms with Crippen LogP contribution in [0.3, 0.4) is 0 Å². The van der Waals surface area contributed by atoms with Crippen LogP contribution in [-0.4, -0.2) is 29.2 Å². The van der Waals surface area contributed by atoms with E-state index in [9.17, 15) is 0 Å². The third kappa shape index (κ3) is 1.88. The number of rotatable bonds is 2. The maximum absolute atomic E-state index is 5.92. The number of anilines is 2. The molecule has 0 saturated carbocycles. The average molecular weight is 215 g/mol. The molecule has 1 aromatic rings. The molecular weight excluding hydrogens is 204 g/mol. The Morgan fingerprint density at radius 1 is 1.57 bits per heavy atom. The molecule has 1 aliphatic rings. The van der Waals surface area contributed by atoms with Crippen molar-refractivity contribution in [2.45, 2.75) is 12.5 Å². The second kappa shape index (κ2) is 3.98. The van der Waals surface area contributed by atoms with Gasteiger partial charge in [-0.3, -0.25) is 0 Å². The van der Waals surface area contributed by atoms with Gasteiger partial charge in [-0.15, -0.1) is 0 Å². The largest absolute Gasteiger partial charge is 0.382 e. The van der Waals surface area contributed by atoms with Gasteiger partial charge in [-0.05, 0) is 6.42 Å².